The molecule has 0 aliphatic carbocycles. The van der Waals surface area contributed by atoms with Gasteiger partial charge in [-0.05, 0) is 35.6 Å². The maximum Gasteiger partial charge on any atom is 0.123 e. The van der Waals surface area contributed by atoms with E-state index in [4.69, 9.17) is 4.98 Å². The van der Waals surface area contributed by atoms with Gasteiger partial charge in [-0.3, -0.25) is 4.98 Å². The maximum atomic E-state index is 14.1. The Hall–Kier alpha value is -3.00. The molecule has 0 fully saturated rings. The zero-order valence-corrected chi connectivity index (χ0v) is 14.0. The zero-order valence-electron chi connectivity index (χ0n) is 14.0. The first-order chi connectivity index (χ1) is 12.3. The molecule has 1 aromatic heterocycles. The molecule has 0 radical (unpaired) electrons. The highest BCUT2D eigenvalue weighted by Gasteiger charge is 2.16. The molecule has 1 nitrogen and oxygen atoms in total. The Balaban J connectivity index is 2.16. The van der Waals surface area contributed by atoms with Gasteiger partial charge in [0.2, 0.25) is 0 Å². The van der Waals surface area contributed by atoms with Crippen LogP contribution in [-0.2, 0) is 6.42 Å². The topological polar surface area (TPSA) is 12.9 Å². The smallest absolute Gasteiger partial charge is 0.123 e. The lowest BCUT2D eigenvalue weighted by atomic mass is 9.92. The minimum Gasteiger partial charge on any atom is -0.252 e. The van der Waals surface area contributed by atoms with Crippen LogP contribution in [-0.4, -0.2) is 4.98 Å². The first kappa shape index (κ1) is 15.5. The second kappa shape index (κ2) is 6.48. The highest BCUT2D eigenvalue weighted by Crippen LogP contribution is 2.38. The molecule has 122 valence electrons. The van der Waals surface area contributed by atoms with Crippen molar-refractivity contribution in [2.24, 2.45) is 0 Å². The van der Waals surface area contributed by atoms with Crippen LogP contribution in [0, 0.1) is 5.82 Å². The Labute approximate surface area is 146 Å². The van der Waals surface area contributed by atoms with Crippen LogP contribution >= 0.6 is 0 Å². The number of aryl methyl sites for hydroxylation is 1. The van der Waals surface area contributed by atoms with Gasteiger partial charge in [0.15, 0.2) is 0 Å². The number of benzene rings is 3. The maximum absolute atomic E-state index is 14.1. The van der Waals surface area contributed by atoms with Crippen molar-refractivity contribution in [3.05, 3.63) is 90.4 Å². The molecule has 0 saturated carbocycles. The standard InChI is InChI=1S/C23H18FN/c1-2-21-19-14-13-18(24)15-20(19)22(16-9-5-3-6-10-16)23(25-21)17-11-7-4-8-12-17/h3-15H,2H2,1H3. The summed E-state index contributed by atoms with van der Waals surface area (Å²) < 4.78 is 14.1. The van der Waals surface area contributed by atoms with Crippen molar-refractivity contribution in [3.8, 4) is 22.4 Å². The Morgan fingerprint density at radius 2 is 1.40 bits per heavy atom. The summed E-state index contributed by atoms with van der Waals surface area (Å²) in [6.07, 6.45) is 0.803. The molecule has 3 aromatic carbocycles. The van der Waals surface area contributed by atoms with Crippen molar-refractivity contribution in [2.45, 2.75) is 13.3 Å². The molecule has 0 aliphatic rings. The Kier molecular flexibility index (Phi) is 4.02. The second-order valence-corrected chi connectivity index (χ2v) is 6.06. The van der Waals surface area contributed by atoms with Crippen LogP contribution in [0.4, 0.5) is 4.39 Å². The third-order valence-corrected chi connectivity index (χ3v) is 4.49. The summed E-state index contributed by atoms with van der Waals surface area (Å²) in [7, 11) is 0. The number of pyridine rings is 1. The number of nitrogens with zero attached hydrogens (tertiary/aromatic N) is 1. The van der Waals surface area contributed by atoms with Gasteiger partial charge in [0, 0.05) is 22.2 Å². The molecular weight excluding hydrogens is 309 g/mol. The van der Waals surface area contributed by atoms with E-state index in [0.29, 0.717) is 0 Å². The average Bonchev–Trinajstić information content (AvgIpc) is 2.68. The van der Waals surface area contributed by atoms with E-state index in [1.807, 2.05) is 42.5 Å². The summed E-state index contributed by atoms with van der Waals surface area (Å²) in [6, 6.07) is 25.2. The van der Waals surface area contributed by atoms with Crippen molar-refractivity contribution < 1.29 is 4.39 Å². The van der Waals surface area contributed by atoms with Gasteiger partial charge in [-0.15, -0.1) is 0 Å². The largest absolute Gasteiger partial charge is 0.252 e. The van der Waals surface area contributed by atoms with Crippen molar-refractivity contribution >= 4 is 10.8 Å². The number of hydrogen-bond acceptors (Lipinski definition) is 1. The number of aromatic nitrogens is 1. The van der Waals surface area contributed by atoms with Crippen molar-refractivity contribution in [3.63, 3.8) is 0 Å². The molecule has 0 N–H and O–H groups in total. The van der Waals surface area contributed by atoms with E-state index in [2.05, 4.69) is 31.2 Å². The van der Waals surface area contributed by atoms with Crippen LogP contribution in [0.1, 0.15) is 12.6 Å². The van der Waals surface area contributed by atoms with Crippen molar-refractivity contribution in [2.75, 3.05) is 0 Å². The van der Waals surface area contributed by atoms with Crippen molar-refractivity contribution in [1.82, 2.24) is 4.98 Å². The van der Waals surface area contributed by atoms with E-state index in [1.165, 1.54) is 6.07 Å². The predicted octanol–water partition coefficient (Wildman–Crippen LogP) is 6.27. The third kappa shape index (κ3) is 2.80. The Morgan fingerprint density at radius 3 is 2.04 bits per heavy atom. The molecular formula is C23H18FN. The van der Waals surface area contributed by atoms with E-state index < -0.39 is 0 Å². The van der Waals surface area contributed by atoms with E-state index in [9.17, 15) is 4.39 Å². The average molecular weight is 327 g/mol. The molecule has 2 heteroatoms. The lowest BCUT2D eigenvalue weighted by molar-refractivity contribution is 0.629. The molecule has 0 bridgehead atoms. The lowest BCUT2D eigenvalue weighted by Gasteiger charge is -2.16. The molecule has 0 aliphatic heterocycles. The van der Waals surface area contributed by atoms with Crippen LogP contribution in [0.3, 0.4) is 0 Å². The second-order valence-electron chi connectivity index (χ2n) is 6.06. The minimum absolute atomic E-state index is 0.225. The van der Waals surface area contributed by atoms with E-state index in [0.717, 1.165) is 45.3 Å². The number of hydrogen-bond donors (Lipinski definition) is 0. The zero-order chi connectivity index (χ0) is 17.2. The Morgan fingerprint density at radius 1 is 0.760 bits per heavy atom. The van der Waals surface area contributed by atoms with Gasteiger partial charge >= 0.3 is 0 Å². The van der Waals surface area contributed by atoms with Crippen LogP contribution in [0.2, 0.25) is 0 Å². The monoisotopic (exact) mass is 327 g/mol. The fourth-order valence-corrected chi connectivity index (χ4v) is 3.33. The molecule has 4 rings (SSSR count). The van der Waals surface area contributed by atoms with E-state index >= 15 is 0 Å². The van der Waals surface area contributed by atoms with E-state index in [-0.39, 0.29) is 5.82 Å². The molecule has 4 aromatic rings. The van der Waals surface area contributed by atoms with Crippen LogP contribution in [0.5, 0.6) is 0 Å². The predicted molar refractivity (Wildman–Crippen MR) is 102 cm³/mol. The summed E-state index contributed by atoms with van der Waals surface area (Å²) in [5.74, 6) is -0.225. The van der Waals surface area contributed by atoms with Crippen LogP contribution < -0.4 is 0 Å². The first-order valence-electron chi connectivity index (χ1n) is 8.51. The molecule has 0 saturated heterocycles. The fraction of sp³-hybridized carbons (Fsp3) is 0.0870. The van der Waals surface area contributed by atoms with Crippen LogP contribution in [0.25, 0.3) is 33.2 Å². The summed E-state index contributed by atoms with van der Waals surface area (Å²) in [4.78, 5) is 4.97. The highest BCUT2D eigenvalue weighted by molar-refractivity contribution is 6.03. The van der Waals surface area contributed by atoms with Crippen molar-refractivity contribution in [1.29, 1.82) is 0 Å². The minimum atomic E-state index is -0.225. The number of halogens is 1. The molecule has 0 spiro atoms. The number of rotatable bonds is 3. The highest BCUT2D eigenvalue weighted by atomic mass is 19.1. The molecule has 25 heavy (non-hydrogen) atoms. The summed E-state index contributed by atoms with van der Waals surface area (Å²) in [5, 5.41) is 1.93. The fourth-order valence-electron chi connectivity index (χ4n) is 3.33. The van der Waals surface area contributed by atoms with Gasteiger partial charge in [0.1, 0.15) is 5.82 Å². The third-order valence-electron chi connectivity index (χ3n) is 4.49. The quantitative estimate of drug-likeness (QED) is 0.432. The summed E-state index contributed by atoms with van der Waals surface area (Å²) in [6.45, 7) is 2.09. The SMILES string of the molecule is CCc1nc(-c2ccccc2)c(-c2ccccc2)c2cc(F)ccc12. The van der Waals surface area contributed by atoms with Crippen LogP contribution in [0.15, 0.2) is 78.9 Å². The van der Waals surface area contributed by atoms with Gasteiger partial charge < -0.3 is 0 Å². The lowest BCUT2D eigenvalue weighted by Crippen LogP contribution is -1.98. The number of fused-ring (bicyclic) bond motifs is 1. The van der Waals surface area contributed by atoms with E-state index in [1.54, 1.807) is 6.07 Å². The first-order valence-corrected chi connectivity index (χ1v) is 8.51. The molecule has 0 unspecified atom stereocenters. The normalized spacial score (nSPS) is 11.0. The van der Waals surface area contributed by atoms with Gasteiger partial charge in [-0.25, -0.2) is 4.39 Å². The summed E-state index contributed by atoms with van der Waals surface area (Å²) >= 11 is 0. The van der Waals surface area contributed by atoms with Gasteiger partial charge in [-0.2, -0.15) is 0 Å². The summed E-state index contributed by atoms with van der Waals surface area (Å²) in [5.41, 5.74) is 4.98. The van der Waals surface area contributed by atoms with Gasteiger partial charge in [0.25, 0.3) is 0 Å². The van der Waals surface area contributed by atoms with Gasteiger partial charge in [0.05, 0.1) is 5.69 Å². The molecule has 0 amide bonds. The van der Waals surface area contributed by atoms with Gasteiger partial charge in [-0.1, -0.05) is 67.6 Å². The molecule has 1 heterocycles. The Bertz CT molecular complexity index is 1020. The molecule has 0 atom stereocenters.